The quantitative estimate of drug-likeness (QED) is 0.579. The number of carbonyl (C=O) groups excluding carboxylic acids is 3. The monoisotopic (exact) mass is 409 g/mol. The predicted molar refractivity (Wildman–Crippen MR) is 110 cm³/mol. The Kier molecular flexibility index (Phi) is 6.74. The molecule has 0 spiro atoms. The Hall–Kier alpha value is -3.75. The highest BCUT2D eigenvalue weighted by Crippen LogP contribution is 2.13. The summed E-state index contributed by atoms with van der Waals surface area (Å²) in [5.74, 6) is -1.34. The number of amides is 3. The summed E-state index contributed by atoms with van der Waals surface area (Å²) in [7, 11) is 0. The first-order valence-electron chi connectivity index (χ1n) is 9.61. The average Bonchev–Trinajstić information content (AvgIpc) is 3.15. The first kappa shape index (κ1) is 21.0. The number of urea groups is 1. The summed E-state index contributed by atoms with van der Waals surface area (Å²) in [5.41, 5.74) is 2.97. The van der Waals surface area contributed by atoms with Crippen molar-refractivity contribution in [3.63, 3.8) is 0 Å². The second-order valence-corrected chi connectivity index (χ2v) is 6.84. The van der Waals surface area contributed by atoms with Gasteiger partial charge in [0.05, 0.1) is 17.6 Å². The van der Waals surface area contributed by atoms with Gasteiger partial charge in [-0.2, -0.15) is 0 Å². The maximum absolute atomic E-state index is 12.1. The number of nitrogens with one attached hydrogen (secondary N) is 2. The molecule has 0 aliphatic rings. The fourth-order valence-electron chi connectivity index (χ4n) is 2.69. The molecule has 1 aromatic heterocycles. The molecule has 0 radical (unpaired) electrons. The molecule has 9 heteroatoms. The third-order valence-corrected chi connectivity index (χ3v) is 4.52. The van der Waals surface area contributed by atoms with E-state index in [0.717, 1.165) is 23.0 Å². The Morgan fingerprint density at radius 2 is 1.83 bits per heavy atom. The van der Waals surface area contributed by atoms with Crippen LogP contribution in [0, 0.1) is 0 Å². The van der Waals surface area contributed by atoms with E-state index < -0.39 is 24.5 Å². The van der Waals surface area contributed by atoms with Crippen molar-refractivity contribution >= 4 is 28.9 Å². The van der Waals surface area contributed by atoms with Gasteiger partial charge in [-0.1, -0.05) is 36.4 Å². The van der Waals surface area contributed by atoms with Gasteiger partial charge in [-0.25, -0.2) is 14.3 Å². The van der Waals surface area contributed by atoms with E-state index in [2.05, 4.69) is 20.9 Å². The van der Waals surface area contributed by atoms with E-state index in [1.807, 2.05) is 38.1 Å². The van der Waals surface area contributed by atoms with Crippen LogP contribution in [0.3, 0.4) is 0 Å². The summed E-state index contributed by atoms with van der Waals surface area (Å²) < 4.78 is 6.74. The second kappa shape index (κ2) is 9.64. The van der Waals surface area contributed by atoms with Crippen molar-refractivity contribution in [3.05, 3.63) is 59.7 Å². The van der Waals surface area contributed by atoms with Gasteiger partial charge in [0, 0.05) is 6.04 Å². The Morgan fingerprint density at radius 3 is 2.57 bits per heavy atom. The van der Waals surface area contributed by atoms with Gasteiger partial charge in [-0.15, -0.1) is 5.10 Å². The summed E-state index contributed by atoms with van der Waals surface area (Å²) in [4.78, 5) is 35.5. The number of fused-ring (bicyclic) bond motifs is 1. The normalized spacial score (nSPS) is 11.7. The van der Waals surface area contributed by atoms with Crippen molar-refractivity contribution in [2.75, 3.05) is 6.61 Å². The maximum Gasteiger partial charge on any atom is 0.338 e. The highest BCUT2D eigenvalue weighted by atomic mass is 16.5. The van der Waals surface area contributed by atoms with E-state index in [4.69, 9.17) is 4.74 Å². The van der Waals surface area contributed by atoms with Gasteiger partial charge in [0.1, 0.15) is 5.52 Å². The Labute approximate surface area is 173 Å². The number of aromatic nitrogens is 3. The maximum atomic E-state index is 12.1. The van der Waals surface area contributed by atoms with Crippen LogP contribution in [0.1, 0.15) is 36.2 Å². The first-order chi connectivity index (χ1) is 14.5. The summed E-state index contributed by atoms with van der Waals surface area (Å²) in [6.45, 7) is 3.69. The number of ether oxygens (including phenoxy) is 1. The molecule has 0 fully saturated rings. The molecular weight excluding hydrogens is 386 g/mol. The van der Waals surface area contributed by atoms with Crippen molar-refractivity contribution in [3.8, 4) is 0 Å². The Morgan fingerprint density at radius 1 is 1.10 bits per heavy atom. The van der Waals surface area contributed by atoms with Gasteiger partial charge in [0.2, 0.25) is 0 Å². The van der Waals surface area contributed by atoms with Gasteiger partial charge < -0.3 is 10.1 Å². The first-order valence-corrected chi connectivity index (χ1v) is 9.61. The second-order valence-electron chi connectivity index (χ2n) is 6.84. The molecule has 0 saturated heterocycles. The highest BCUT2D eigenvalue weighted by molar-refractivity contribution is 5.97. The molecule has 0 aliphatic heterocycles. The molecule has 156 valence electrons. The fourth-order valence-corrected chi connectivity index (χ4v) is 2.69. The average molecular weight is 409 g/mol. The van der Waals surface area contributed by atoms with Crippen LogP contribution in [-0.4, -0.2) is 45.6 Å². The third kappa shape index (κ3) is 5.40. The van der Waals surface area contributed by atoms with E-state index >= 15 is 0 Å². The lowest BCUT2D eigenvalue weighted by Gasteiger charge is -2.11. The summed E-state index contributed by atoms with van der Waals surface area (Å²) in [6, 6.07) is 13.8. The summed E-state index contributed by atoms with van der Waals surface area (Å²) in [5, 5.41) is 13.0. The van der Waals surface area contributed by atoms with Crippen molar-refractivity contribution < 1.29 is 19.1 Å². The number of para-hydroxylation sites is 1. The van der Waals surface area contributed by atoms with Crippen LogP contribution in [0.2, 0.25) is 0 Å². The summed E-state index contributed by atoms with van der Waals surface area (Å²) >= 11 is 0. The van der Waals surface area contributed by atoms with Crippen LogP contribution in [0.15, 0.2) is 48.5 Å². The lowest BCUT2D eigenvalue weighted by molar-refractivity contribution is -0.123. The third-order valence-electron chi connectivity index (χ3n) is 4.52. The molecule has 0 bridgehead atoms. The van der Waals surface area contributed by atoms with Gasteiger partial charge in [0.25, 0.3) is 5.91 Å². The van der Waals surface area contributed by atoms with Crippen LogP contribution < -0.4 is 10.6 Å². The number of imide groups is 1. The zero-order chi connectivity index (χ0) is 21.5. The fraction of sp³-hybridized carbons (Fsp3) is 0.286. The molecule has 30 heavy (non-hydrogen) atoms. The number of rotatable bonds is 7. The molecule has 3 aromatic rings. The van der Waals surface area contributed by atoms with Crippen LogP contribution in [0.4, 0.5) is 4.79 Å². The number of hydrogen-bond acceptors (Lipinski definition) is 6. The molecule has 3 rings (SSSR count). The number of carbonyl (C=O) groups is 3. The molecule has 0 saturated carbocycles. The lowest BCUT2D eigenvalue weighted by Crippen LogP contribution is -2.44. The molecule has 2 N–H and O–H groups in total. The molecule has 3 amide bonds. The van der Waals surface area contributed by atoms with Gasteiger partial charge in [-0.05, 0) is 43.2 Å². The summed E-state index contributed by atoms with van der Waals surface area (Å²) in [6.07, 6.45) is 0.736. The number of esters is 1. The predicted octanol–water partition coefficient (Wildman–Crippen LogP) is 2.26. The zero-order valence-electron chi connectivity index (χ0n) is 16.8. The molecule has 9 nitrogen and oxygen atoms in total. The van der Waals surface area contributed by atoms with E-state index in [9.17, 15) is 14.4 Å². The largest absolute Gasteiger partial charge is 0.452 e. The van der Waals surface area contributed by atoms with E-state index in [1.54, 1.807) is 28.9 Å². The molecule has 0 aliphatic carbocycles. The van der Waals surface area contributed by atoms with Gasteiger partial charge in [-0.3, -0.25) is 10.1 Å². The highest BCUT2D eigenvalue weighted by Gasteiger charge is 2.14. The molecule has 0 unspecified atom stereocenters. The smallest absolute Gasteiger partial charge is 0.338 e. The number of nitrogens with zero attached hydrogens (tertiary/aromatic N) is 3. The van der Waals surface area contributed by atoms with Crippen molar-refractivity contribution in [2.24, 2.45) is 0 Å². The van der Waals surface area contributed by atoms with E-state index in [0.29, 0.717) is 12.1 Å². The molecule has 1 heterocycles. The number of hydrogen-bond donors (Lipinski definition) is 2. The standard InChI is InChI=1S/C21H23N5O4/c1-3-14(2)22-21(29)23-19(27)13-30-20(28)16-10-8-15(9-11-16)12-26-18-7-5-4-6-17(18)24-25-26/h4-11,14H,3,12-13H2,1-2H3,(H2,22,23,27,29)/t14-/m1/s1. The van der Waals surface area contributed by atoms with Crippen LogP contribution in [-0.2, 0) is 16.1 Å². The van der Waals surface area contributed by atoms with E-state index in [1.165, 1.54) is 0 Å². The lowest BCUT2D eigenvalue weighted by atomic mass is 10.1. The van der Waals surface area contributed by atoms with Crippen LogP contribution >= 0.6 is 0 Å². The number of benzene rings is 2. The van der Waals surface area contributed by atoms with Crippen LogP contribution in [0.25, 0.3) is 11.0 Å². The van der Waals surface area contributed by atoms with E-state index in [-0.39, 0.29) is 6.04 Å². The van der Waals surface area contributed by atoms with Crippen molar-refractivity contribution in [1.82, 2.24) is 25.6 Å². The van der Waals surface area contributed by atoms with Crippen molar-refractivity contribution in [2.45, 2.75) is 32.9 Å². The minimum atomic E-state index is -0.696. The SMILES string of the molecule is CC[C@@H](C)NC(=O)NC(=O)COC(=O)c1ccc(Cn2nnc3ccccc32)cc1. The van der Waals surface area contributed by atoms with Crippen LogP contribution in [0.5, 0.6) is 0 Å². The molecule has 1 atom stereocenters. The topological polar surface area (TPSA) is 115 Å². The minimum absolute atomic E-state index is 0.0608. The zero-order valence-corrected chi connectivity index (χ0v) is 16.8. The Bertz CT molecular complexity index is 1040. The molecular formula is C21H23N5O4. The van der Waals surface area contributed by atoms with Crippen molar-refractivity contribution in [1.29, 1.82) is 0 Å². The molecule has 2 aromatic carbocycles. The Balaban J connectivity index is 1.51. The van der Waals surface area contributed by atoms with Gasteiger partial charge >= 0.3 is 12.0 Å². The van der Waals surface area contributed by atoms with Gasteiger partial charge in [0.15, 0.2) is 6.61 Å². The minimum Gasteiger partial charge on any atom is -0.452 e.